The molecular formula is C10H16O2. The summed E-state index contributed by atoms with van der Waals surface area (Å²) in [6.07, 6.45) is 1.86. The summed E-state index contributed by atoms with van der Waals surface area (Å²) in [4.78, 5) is 11.2. The molecule has 0 aliphatic heterocycles. The Kier molecular flexibility index (Phi) is 2.27. The maximum atomic E-state index is 11.2. The van der Waals surface area contributed by atoms with Crippen LogP contribution in [-0.4, -0.2) is 13.1 Å². The highest BCUT2D eigenvalue weighted by Crippen LogP contribution is 2.41. The van der Waals surface area contributed by atoms with Gasteiger partial charge < -0.3 is 4.74 Å². The van der Waals surface area contributed by atoms with Crippen molar-refractivity contribution in [2.24, 2.45) is 5.41 Å². The van der Waals surface area contributed by atoms with E-state index in [1.807, 2.05) is 6.92 Å². The number of esters is 1. The van der Waals surface area contributed by atoms with Crippen LogP contribution in [0.4, 0.5) is 0 Å². The maximum absolute atomic E-state index is 11.2. The van der Waals surface area contributed by atoms with Gasteiger partial charge in [0.15, 0.2) is 0 Å². The zero-order valence-electron chi connectivity index (χ0n) is 8.23. The lowest BCUT2D eigenvalue weighted by molar-refractivity contribution is -0.136. The molecule has 0 aromatic carbocycles. The van der Waals surface area contributed by atoms with Crippen LogP contribution in [0.2, 0.25) is 0 Å². The van der Waals surface area contributed by atoms with Gasteiger partial charge in [0.2, 0.25) is 0 Å². The standard InChI is InChI=1S/C10H16O2/c1-7-5-10(2,3)6-8(7)9(11)12-4/h5-6H2,1-4H3. The van der Waals surface area contributed by atoms with Gasteiger partial charge in [-0.25, -0.2) is 4.79 Å². The van der Waals surface area contributed by atoms with Crippen molar-refractivity contribution in [2.75, 3.05) is 7.11 Å². The predicted molar refractivity (Wildman–Crippen MR) is 47.7 cm³/mol. The van der Waals surface area contributed by atoms with E-state index in [0.717, 1.165) is 18.4 Å². The van der Waals surface area contributed by atoms with Gasteiger partial charge in [-0.05, 0) is 25.2 Å². The first-order chi connectivity index (χ1) is 5.46. The molecule has 1 aliphatic carbocycles. The van der Waals surface area contributed by atoms with Crippen molar-refractivity contribution in [3.8, 4) is 0 Å². The normalized spacial score (nSPS) is 21.3. The molecule has 0 saturated heterocycles. The van der Waals surface area contributed by atoms with Crippen LogP contribution in [0.5, 0.6) is 0 Å². The van der Waals surface area contributed by atoms with E-state index in [-0.39, 0.29) is 11.4 Å². The smallest absolute Gasteiger partial charge is 0.333 e. The monoisotopic (exact) mass is 168 g/mol. The number of carbonyl (C=O) groups excluding carboxylic acids is 1. The van der Waals surface area contributed by atoms with E-state index in [2.05, 4.69) is 13.8 Å². The molecule has 0 N–H and O–H groups in total. The second-order valence-corrected chi connectivity index (χ2v) is 4.27. The molecule has 2 nitrogen and oxygen atoms in total. The van der Waals surface area contributed by atoms with Crippen LogP contribution in [0.15, 0.2) is 11.1 Å². The minimum absolute atomic E-state index is 0.155. The molecule has 0 amide bonds. The number of ether oxygens (including phenoxy) is 1. The number of rotatable bonds is 1. The predicted octanol–water partition coefficient (Wildman–Crippen LogP) is 2.30. The summed E-state index contributed by atoms with van der Waals surface area (Å²) in [6, 6.07) is 0. The summed E-state index contributed by atoms with van der Waals surface area (Å²) in [7, 11) is 1.44. The Hall–Kier alpha value is -0.790. The molecule has 0 atom stereocenters. The highest BCUT2D eigenvalue weighted by molar-refractivity contribution is 5.90. The number of allylic oxidation sites excluding steroid dienone is 1. The Labute approximate surface area is 73.6 Å². The largest absolute Gasteiger partial charge is 0.466 e. The Morgan fingerprint density at radius 1 is 1.42 bits per heavy atom. The third-order valence-corrected chi connectivity index (χ3v) is 2.35. The molecule has 1 rings (SSSR count). The molecule has 0 aromatic heterocycles. The second kappa shape index (κ2) is 2.92. The summed E-state index contributed by atoms with van der Waals surface area (Å²) >= 11 is 0. The van der Waals surface area contributed by atoms with Crippen LogP contribution in [-0.2, 0) is 9.53 Å². The summed E-state index contributed by atoms with van der Waals surface area (Å²) in [5, 5.41) is 0. The maximum Gasteiger partial charge on any atom is 0.333 e. The number of carbonyl (C=O) groups is 1. The summed E-state index contributed by atoms with van der Waals surface area (Å²) < 4.78 is 4.70. The fourth-order valence-electron chi connectivity index (χ4n) is 1.89. The zero-order chi connectivity index (χ0) is 9.35. The van der Waals surface area contributed by atoms with Gasteiger partial charge in [-0.2, -0.15) is 0 Å². The van der Waals surface area contributed by atoms with Crippen LogP contribution >= 0.6 is 0 Å². The molecule has 0 saturated carbocycles. The number of hydrogen-bond donors (Lipinski definition) is 0. The third-order valence-electron chi connectivity index (χ3n) is 2.35. The minimum atomic E-state index is -0.155. The molecule has 1 aliphatic rings. The molecule has 0 heterocycles. The molecule has 0 bridgehead atoms. The van der Waals surface area contributed by atoms with E-state index in [9.17, 15) is 4.79 Å². The van der Waals surface area contributed by atoms with E-state index in [0.29, 0.717) is 0 Å². The molecule has 68 valence electrons. The van der Waals surface area contributed by atoms with Gasteiger partial charge in [0.25, 0.3) is 0 Å². The molecule has 12 heavy (non-hydrogen) atoms. The minimum Gasteiger partial charge on any atom is -0.466 e. The van der Waals surface area contributed by atoms with Crippen molar-refractivity contribution in [2.45, 2.75) is 33.6 Å². The van der Waals surface area contributed by atoms with E-state index >= 15 is 0 Å². The summed E-state index contributed by atoms with van der Waals surface area (Å²) in [5.74, 6) is -0.155. The first-order valence-corrected chi connectivity index (χ1v) is 4.23. The lowest BCUT2D eigenvalue weighted by Crippen LogP contribution is -2.09. The molecule has 0 radical (unpaired) electrons. The van der Waals surface area contributed by atoms with Crippen molar-refractivity contribution in [1.82, 2.24) is 0 Å². The van der Waals surface area contributed by atoms with Gasteiger partial charge in [-0.1, -0.05) is 19.4 Å². The molecule has 2 heteroatoms. The second-order valence-electron chi connectivity index (χ2n) is 4.27. The first kappa shape index (κ1) is 9.30. The van der Waals surface area contributed by atoms with Gasteiger partial charge in [0, 0.05) is 5.57 Å². The van der Waals surface area contributed by atoms with Crippen molar-refractivity contribution in [1.29, 1.82) is 0 Å². The molecule has 0 spiro atoms. The summed E-state index contributed by atoms with van der Waals surface area (Å²) in [6.45, 7) is 6.36. The van der Waals surface area contributed by atoms with Gasteiger partial charge in [0.1, 0.15) is 0 Å². The Morgan fingerprint density at radius 3 is 2.33 bits per heavy atom. The van der Waals surface area contributed by atoms with E-state index in [1.54, 1.807) is 0 Å². The summed E-state index contributed by atoms with van der Waals surface area (Å²) in [5.41, 5.74) is 2.31. The Balaban J connectivity index is 2.80. The SMILES string of the molecule is COC(=O)C1=C(C)CC(C)(C)C1. The van der Waals surface area contributed by atoms with E-state index in [4.69, 9.17) is 4.74 Å². The van der Waals surface area contributed by atoms with Gasteiger partial charge in [-0.3, -0.25) is 0 Å². The lowest BCUT2D eigenvalue weighted by atomic mass is 9.89. The van der Waals surface area contributed by atoms with Gasteiger partial charge >= 0.3 is 5.97 Å². The number of hydrogen-bond acceptors (Lipinski definition) is 2. The van der Waals surface area contributed by atoms with Crippen molar-refractivity contribution in [3.63, 3.8) is 0 Å². The third kappa shape index (κ3) is 1.68. The first-order valence-electron chi connectivity index (χ1n) is 4.23. The van der Waals surface area contributed by atoms with E-state index in [1.165, 1.54) is 12.7 Å². The molecule has 0 unspecified atom stereocenters. The van der Waals surface area contributed by atoms with Crippen LogP contribution in [0.3, 0.4) is 0 Å². The average molecular weight is 168 g/mol. The highest BCUT2D eigenvalue weighted by Gasteiger charge is 2.32. The Bertz CT molecular complexity index is 236. The van der Waals surface area contributed by atoms with Crippen molar-refractivity contribution in [3.05, 3.63) is 11.1 Å². The van der Waals surface area contributed by atoms with Crippen molar-refractivity contribution >= 4 is 5.97 Å². The molecule has 0 fully saturated rings. The van der Waals surface area contributed by atoms with Gasteiger partial charge in [0.05, 0.1) is 7.11 Å². The van der Waals surface area contributed by atoms with Crippen molar-refractivity contribution < 1.29 is 9.53 Å². The quantitative estimate of drug-likeness (QED) is 0.561. The average Bonchev–Trinajstić information content (AvgIpc) is 2.23. The van der Waals surface area contributed by atoms with Crippen LogP contribution in [0.25, 0.3) is 0 Å². The van der Waals surface area contributed by atoms with Crippen LogP contribution < -0.4 is 0 Å². The molecule has 0 aromatic rings. The fraction of sp³-hybridized carbons (Fsp3) is 0.700. The topological polar surface area (TPSA) is 26.3 Å². The van der Waals surface area contributed by atoms with Crippen LogP contribution in [0.1, 0.15) is 33.6 Å². The van der Waals surface area contributed by atoms with Crippen LogP contribution in [0, 0.1) is 5.41 Å². The molecular weight excluding hydrogens is 152 g/mol. The Morgan fingerprint density at radius 2 is 2.00 bits per heavy atom. The zero-order valence-corrected chi connectivity index (χ0v) is 8.23. The highest BCUT2D eigenvalue weighted by atomic mass is 16.5. The van der Waals surface area contributed by atoms with Gasteiger partial charge in [-0.15, -0.1) is 0 Å². The number of methoxy groups -OCH3 is 1. The van der Waals surface area contributed by atoms with E-state index < -0.39 is 0 Å². The lowest BCUT2D eigenvalue weighted by Gasteiger charge is -2.16. The fourth-order valence-corrected chi connectivity index (χ4v) is 1.89.